The summed E-state index contributed by atoms with van der Waals surface area (Å²) in [7, 11) is 0. The van der Waals surface area contributed by atoms with Gasteiger partial charge in [-0.1, -0.05) is 50.6 Å². The SMILES string of the molecule is CCCc1ccc(-c2cc(C(C)NCC)ccc2F)cc1. The summed E-state index contributed by atoms with van der Waals surface area (Å²) in [5.41, 5.74) is 4.04. The topological polar surface area (TPSA) is 12.0 Å². The Morgan fingerprint density at radius 1 is 1.05 bits per heavy atom. The third kappa shape index (κ3) is 3.92. The van der Waals surface area contributed by atoms with Crippen molar-refractivity contribution in [3.05, 3.63) is 59.4 Å². The standard InChI is InChI=1S/C19H24FN/c1-4-6-15-7-9-16(10-8-15)18-13-17(11-12-19(18)20)14(3)21-5-2/h7-14,21H,4-6H2,1-3H3. The van der Waals surface area contributed by atoms with Crippen LogP contribution in [-0.2, 0) is 6.42 Å². The summed E-state index contributed by atoms with van der Waals surface area (Å²) in [6.45, 7) is 7.25. The maximum atomic E-state index is 14.1. The molecule has 2 aromatic rings. The van der Waals surface area contributed by atoms with Crippen molar-refractivity contribution in [1.82, 2.24) is 5.32 Å². The van der Waals surface area contributed by atoms with E-state index in [9.17, 15) is 4.39 Å². The van der Waals surface area contributed by atoms with Gasteiger partial charge >= 0.3 is 0 Å². The van der Waals surface area contributed by atoms with Gasteiger partial charge in [-0.15, -0.1) is 0 Å². The number of nitrogens with one attached hydrogen (secondary N) is 1. The Kier molecular flexibility index (Phi) is 5.51. The van der Waals surface area contributed by atoms with E-state index in [1.807, 2.05) is 24.3 Å². The highest BCUT2D eigenvalue weighted by Gasteiger charge is 2.10. The molecule has 1 nitrogen and oxygen atoms in total. The first-order chi connectivity index (χ1) is 10.2. The Balaban J connectivity index is 2.31. The molecule has 0 bridgehead atoms. The van der Waals surface area contributed by atoms with Crippen molar-refractivity contribution >= 4 is 0 Å². The first-order valence-corrected chi connectivity index (χ1v) is 7.77. The fraction of sp³-hybridized carbons (Fsp3) is 0.368. The Morgan fingerprint density at radius 2 is 1.76 bits per heavy atom. The lowest BCUT2D eigenvalue weighted by molar-refractivity contribution is 0.593. The minimum Gasteiger partial charge on any atom is -0.310 e. The minimum atomic E-state index is -0.161. The first kappa shape index (κ1) is 15.7. The van der Waals surface area contributed by atoms with Crippen LogP contribution in [-0.4, -0.2) is 6.54 Å². The van der Waals surface area contributed by atoms with Gasteiger partial charge in [-0.2, -0.15) is 0 Å². The van der Waals surface area contributed by atoms with Crippen molar-refractivity contribution in [1.29, 1.82) is 0 Å². The molecule has 0 aliphatic rings. The van der Waals surface area contributed by atoms with Crippen LogP contribution in [0.15, 0.2) is 42.5 Å². The Labute approximate surface area is 127 Å². The monoisotopic (exact) mass is 285 g/mol. The lowest BCUT2D eigenvalue weighted by atomic mass is 9.98. The summed E-state index contributed by atoms with van der Waals surface area (Å²) >= 11 is 0. The second kappa shape index (κ2) is 7.37. The molecule has 0 spiro atoms. The molecule has 21 heavy (non-hydrogen) atoms. The fourth-order valence-electron chi connectivity index (χ4n) is 2.60. The quantitative estimate of drug-likeness (QED) is 0.777. The van der Waals surface area contributed by atoms with E-state index < -0.39 is 0 Å². The molecule has 0 aromatic heterocycles. The molecule has 0 fully saturated rings. The van der Waals surface area contributed by atoms with E-state index in [0.29, 0.717) is 5.56 Å². The molecule has 0 saturated carbocycles. The van der Waals surface area contributed by atoms with E-state index in [4.69, 9.17) is 0 Å². The van der Waals surface area contributed by atoms with Gasteiger partial charge in [0.2, 0.25) is 0 Å². The van der Waals surface area contributed by atoms with Crippen LogP contribution in [0.2, 0.25) is 0 Å². The lowest BCUT2D eigenvalue weighted by Crippen LogP contribution is -2.17. The van der Waals surface area contributed by atoms with Crippen molar-refractivity contribution in [2.24, 2.45) is 0 Å². The summed E-state index contributed by atoms with van der Waals surface area (Å²) in [5, 5.41) is 3.36. The van der Waals surface area contributed by atoms with Gasteiger partial charge in [-0.25, -0.2) is 4.39 Å². The molecule has 2 rings (SSSR count). The van der Waals surface area contributed by atoms with Crippen LogP contribution in [0.25, 0.3) is 11.1 Å². The van der Waals surface area contributed by atoms with Crippen molar-refractivity contribution < 1.29 is 4.39 Å². The Bertz CT molecular complexity index is 575. The molecule has 0 radical (unpaired) electrons. The summed E-state index contributed by atoms with van der Waals surface area (Å²) < 4.78 is 14.1. The van der Waals surface area contributed by atoms with Gasteiger partial charge in [-0.3, -0.25) is 0 Å². The van der Waals surface area contributed by atoms with Crippen LogP contribution >= 0.6 is 0 Å². The Morgan fingerprint density at radius 3 is 2.38 bits per heavy atom. The molecule has 0 saturated heterocycles. The second-order valence-electron chi connectivity index (χ2n) is 5.47. The summed E-state index contributed by atoms with van der Waals surface area (Å²) in [5.74, 6) is -0.161. The van der Waals surface area contributed by atoms with E-state index in [2.05, 4.69) is 38.2 Å². The van der Waals surface area contributed by atoms with E-state index in [1.54, 1.807) is 6.07 Å². The van der Waals surface area contributed by atoms with Crippen molar-refractivity contribution in [3.8, 4) is 11.1 Å². The van der Waals surface area contributed by atoms with Gasteiger partial charge in [0.25, 0.3) is 0 Å². The number of halogens is 1. The second-order valence-corrected chi connectivity index (χ2v) is 5.47. The molecular weight excluding hydrogens is 261 g/mol. The predicted molar refractivity (Wildman–Crippen MR) is 87.9 cm³/mol. The van der Waals surface area contributed by atoms with E-state index in [0.717, 1.165) is 30.5 Å². The zero-order valence-corrected chi connectivity index (χ0v) is 13.1. The van der Waals surface area contributed by atoms with Crippen LogP contribution in [0.4, 0.5) is 4.39 Å². The maximum absolute atomic E-state index is 14.1. The van der Waals surface area contributed by atoms with Gasteiger partial charge in [0.15, 0.2) is 0 Å². The minimum absolute atomic E-state index is 0.161. The van der Waals surface area contributed by atoms with Crippen LogP contribution in [0.5, 0.6) is 0 Å². The van der Waals surface area contributed by atoms with Crippen molar-refractivity contribution in [2.75, 3.05) is 6.54 Å². The molecule has 0 aliphatic heterocycles. The normalized spacial score (nSPS) is 12.4. The zero-order chi connectivity index (χ0) is 15.2. The largest absolute Gasteiger partial charge is 0.310 e. The number of rotatable bonds is 6. The molecule has 112 valence electrons. The van der Waals surface area contributed by atoms with Crippen LogP contribution in [0.1, 0.15) is 44.4 Å². The summed E-state index contributed by atoms with van der Waals surface area (Å²) in [6, 6.07) is 13.8. The molecule has 0 amide bonds. The van der Waals surface area contributed by atoms with E-state index >= 15 is 0 Å². The molecule has 1 unspecified atom stereocenters. The predicted octanol–water partition coefficient (Wildman–Crippen LogP) is 5.12. The van der Waals surface area contributed by atoms with Gasteiger partial charge in [0.1, 0.15) is 5.82 Å². The van der Waals surface area contributed by atoms with Crippen LogP contribution in [0, 0.1) is 5.82 Å². The molecule has 0 heterocycles. The molecular formula is C19H24FN. The van der Waals surface area contributed by atoms with Crippen molar-refractivity contribution in [3.63, 3.8) is 0 Å². The first-order valence-electron chi connectivity index (χ1n) is 7.77. The third-order valence-corrected chi connectivity index (χ3v) is 3.80. The lowest BCUT2D eigenvalue weighted by Gasteiger charge is -2.15. The average Bonchev–Trinajstić information content (AvgIpc) is 2.49. The van der Waals surface area contributed by atoms with Crippen LogP contribution in [0.3, 0.4) is 0 Å². The molecule has 1 atom stereocenters. The smallest absolute Gasteiger partial charge is 0.131 e. The molecule has 2 heteroatoms. The molecule has 1 N–H and O–H groups in total. The number of hydrogen-bond acceptors (Lipinski definition) is 1. The highest BCUT2D eigenvalue weighted by Crippen LogP contribution is 2.27. The van der Waals surface area contributed by atoms with Crippen molar-refractivity contribution in [2.45, 2.75) is 39.7 Å². The zero-order valence-electron chi connectivity index (χ0n) is 13.1. The highest BCUT2D eigenvalue weighted by atomic mass is 19.1. The average molecular weight is 285 g/mol. The highest BCUT2D eigenvalue weighted by molar-refractivity contribution is 5.65. The van der Waals surface area contributed by atoms with Crippen LogP contribution < -0.4 is 5.32 Å². The van der Waals surface area contributed by atoms with Gasteiger partial charge in [-0.05, 0) is 48.7 Å². The Hall–Kier alpha value is -1.67. The number of benzene rings is 2. The molecule has 0 aliphatic carbocycles. The van der Waals surface area contributed by atoms with E-state index in [1.165, 1.54) is 5.56 Å². The summed E-state index contributed by atoms with van der Waals surface area (Å²) in [6.07, 6.45) is 2.20. The van der Waals surface area contributed by atoms with Gasteiger partial charge in [0.05, 0.1) is 0 Å². The summed E-state index contributed by atoms with van der Waals surface area (Å²) in [4.78, 5) is 0. The van der Waals surface area contributed by atoms with Gasteiger partial charge < -0.3 is 5.32 Å². The number of aryl methyl sites for hydroxylation is 1. The fourth-order valence-corrected chi connectivity index (χ4v) is 2.60. The molecule has 2 aromatic carbocycles. The maximum Gasteiger partial charge on any atom is 0.131 e. The van der Waals surface area contributed by atoms with Gasteiger partial charge in [0, 0.05) is 11.6 Å². The number of hydrogen-bond donors (Lipinski definition) is 1. The van der Waals surface area contributed by atoms with E-state index in [-0.39, 0.29) is 11.9 Å². The third-order valence-electron chi connectivity index (χ3n) is 3.80.